The maximum absolute atomic E-state index is 6.71. The number of aromatic nitrogens is 4. The fraction of sp³-hybridized carbons (Fsp3) is 0.292. The number of piperidine rings is 1. The number of rotatable bonds is 2. The summed E-state index contributed by atoms with van der Waals surface area (Å²) < 4.78 is 2.03. The van der Waals surface area contributed by atoms with Gasteiger partial charge >= 0.3 is 0 Å². The SMILES string of the molecule is N[C@@H]1c2cccnc2CC12CCN(c1nccn3c(-c4cccc(Cl)c4Cl)ncc13)CC2. The highest BCUT2D eigenvalue weighted by molar-refractivity contribution is 6.43. The van der Waals surface area contributed by atoms with Crippen molar-refractivity contribution in [3.05, 3.63) is 76.4 Å². The molecule has 1 saturated heterocycles. The Labute approximate surface area is 196 Å². The van der Waals surface area contributed by atoms with E-state index in [-0.39, 0.29) is 11.5 Å². The van der Waals surface area contributed by atoms with Crippen LogP contribution in [0.1, 0.15) is 30.1 Å². The van der Waals surface area contributed by atoms with E-state index in [0.717, 1.165) is 60.8 Å². The van der Waals surface area contributed by atoms with Gasteiger partial charge in [0, 0.05) is 49.0 Å². The number of anilines is 1. The Morgan fingerprint density at radius 2 is 1.84 bits per heavy atom. The quantitative estimate of drug-likeness (QED) is 0.454. The van der Waals surface area contributed by atoms with Crippen molar-refractivity contribution >= 4 is 34.5 Å². The molecule has 1 aliphatic carbocycles. The molecule has 3 aromatic heterocycles. The van der Waals surface area contributed by atoms with Gasteiger partial charge in [-0.05, 0) is 48.4 Å². The van der Waals surface area contributed by atoms with Crippen LogP contribution in [0.4, 0.5) is 5.82 Å². The second-order valence-corrected chi connectivity index (χ2v) is 9.52. The zero-order valence-electron chi connectivity index (χ0n) is 17.4. The smallest absolute Gasteiger partial charge is 0.154 e. The predicted octanol–water partition coefficient (Wildman–Crippen LogP) is 4.94. The summed E-state index contributed by atoms with van der Waals surface area (Å²) in [6, 6.07) is 9.76. The van der Waals surface area contributed by atoms with E-state index in [9.17, 15) is 0 Å². The molecule has 1 aliphatic heterocycles. The van der Waals surface area contributed by atoms with Crippen LogP contribution in [0.25, 0.3) is 16.9 Å². The average Bonchev–Trinajstić information content (AvgIpc) is 3.36. The molecule has 8 heteroatoms. The number of pyridine rings is 1. The number of nitrogens with two attached hydrogens (primary N) is 1. The maximum atomic E-state index is 6.71. The molecule has 0 saturated carbocycles. The van der Waals surface area contributed by atoms with Gasteiger partial charge < -0.3 is 10.6 Å². The highest BCUT2D eigenvalue weighted by Crippen LogP contribution is 2.50. The summed E-state index contributed by atoms with van der Waals surface area (Å²) in [6.07, 6.45) is 10.4. The van der Waals surface area contributed by atoms with E-state index >= 15 is 0 Å². The van der Waals surface area contributed by atoms with Crippen LogP contribution in [-0.2, 0) is 6.42 Å². The first-order valence-corrected chi connectivity index (χ1v) is 11.5. The van der Waals surface area contributed by atoms with E-state index in [1.54, 1.807) is 6.07 Å². The maximum Gasteiger partial charge on any atom is 0.154 e. The standard InChI is InChI=1S/C24H22Cl2N6/c25-17-5-1-3-16(20(17)26)22-30-14-19-23(29-9-12-32(19)22)31-10-6-24(7-11-31)13-18-15(21(24)27)4-2-8-28-18/h1-5,8-9,12,14,21H,6-7,10-11,13,27H2/t21-/m1/s1. The number of benzene rings is 1. The summed E-state index contributed by atoms with van der Waals surface area (Å²) in [6.45, 7) is 1.79. The van der Waals surface area contributed by atoms with Crippen LogP contribution in [0, 0.1) is 5.41 Å². The largest absolute Gasteiger partial charge is 0.355 e. The Hall–Kier alpha value is -2.67. The minimum atomic E-state index is 0.0450. The van der Waals surface area contributed by atoms with Crippen molar-refractivity contribution in [3.63, 3.8) is 0 Å². The molecule has 0 unspecified atom stereocenters. The summed E-state index contributed by atoms with van der Waals surface area (Å²) in [5, 5.41) is 1.02. The molecular weight excluding hydrogens is 443 g/mol. The monoisotopic (exact) mass is 464 g/mol. The zero-order valence-corrected chi connectivity index (χ0v) is 18.9. The van der Waals surface area contributed by atoms with E-state index in [2.05, 4.69) is 20.9 Å². The van der Waals surface area contributed by atoms with Crippen LogP contribution in [0.5, 0.6) is 0 Å². The van der Waals surface area contributed by atoms with Gasteiger partial charge in [0.25, 0.3) is 0 Å². The van der Waals surface area contributed by atoms with Gasteiger partial charge in [0.15, 0.2) is 5.82 Å². The molecule has 1 atom stereocenters. The number of nitrogens with zero attached hydrogens (tertiary/aromatic N) is 5. The molecule has 4 aromatic rings. The summed E-state index contributed by atoms with van der Waals surface area (Å²) in [7, 11) is 0. The van der Waals surface area contributed by atoms with Crippen molar-refractivity contribution in [1.29, 1.82) is 0 Å². The van der Waals surface area contributed by atoms with Gasteiger partial charge in [0.05, 0.1) is 16.2 Å². The molecule has 6 nitrogen and oxygen atoms in total. The van der Waals surface area contributed by atoms with Crippen LogP contribution in [0.3, 0.4) is 0 Å². The van der Waals surface area contributed by atoms with Gasteiger partial charge in [-0.3, -0.25) is 9.38 Å². The number of hydrogen-bond donors (Lipinski definition) is 1. The third-order valence-electron chi connectivity index (χ3n) is 7.13. The lowest BCUT2D eigenvalue weighted by Crippen LogP contribution is -2.44. The predicted molar refractivity (Wildman–Crippen MR) is 127 cm³/mol. The third kappa shape index (κ3) is 2.94. The number of imidazole rings is 1. The minimum Gasteiger partial charge on any atom is -0.355 e. The Morgan fingerprint density at radius 3 is 2.66 bits per heavy atom. The summed E-state index contributed by atoms with van der Waals surface area (Å²) in [4.78, 5) is 16.3. The molecular formula is C24H22Cl2N6. The molecule has 2 aliphatic rings. The fourth-order valence-electron chi connectivity index (χ4n) is 5.34. The average molecular weight is 465 g/mol. The molecule has 162 valence electrons. The Morgan fingerprint density at radius 1 is 1.00 bits per heavy atom. The second kappa shape index (κ2) is 7.44. The summed E-state index contributed by atoms with van der Waals surface area (Å²) in [5.74, 6) is 1.69. The van der Waals surface area contributed by atoms with Crippen molar-refractivity contribution in [3.8, 4) is 11.4 Å². The van der Waals surface area contributed by atoms with E-state index < -0.39 is 0 Å². The van der Waals surface area contributed by atoms with Crippen LogP contribution in [-0.4, -0.2) is 32.4 Å². The third-order valence-corrected chi connectivity index (χ3v) is 7.95. The van der Waals surface area contributed by atoms with Crippen molar-refractivity contribution in [2.75, 3.05) is 18.0 Å². The molecule has 1 fully saturated rings. The van der Waals surface area contributed by atoms with Gasteiger partial charge in [-0.2, -0.15) is 0 Å². The fourth-order valence-corrected chi connectivity index (χ4v) is 5.72. The molecule has 4 heterocycles. The number of hydrogen-bond acceptors (Lipinski definition) is 5. The number of fused-ring (bicyclic) bond motifs is 2. The lowest BCUT2D eigenvalue weighted by molar-refractivity contribution is 0.187. The van der Waals surface area contributed by atoms with Crippen LogP contribution >= 0.6 is 23.2 Å². The highest BCUT2D eigenvalue weighted by Gasteiger charge is 2.46. The molecule has 32 heavy (non-hydrogen) atoms. The van der Waals surface area contributed by atoms with Crippen molar-refractivity contribution in [2.24, 2.45) is 11.1 Å². The molecule has 0 bridgehead atoms. The van der Waals surface area contributed by atoms with Gasteiger partial charge in [-0.1, -0.05) is 35.3 Å². The first-order chi connectivity index (χ1) is 15.6. The summed E-state index contributed by atoms with van der Waals surface area (Å²) >= 11 is 12.7. The Balaban J connectivity index is 1.31. The van der Waals surface area contributed by atoms with E-state index in [1.165, 1.54) is 5.56 Å². The lowest BCUT2D eigenvalue weighted by Gasteiger charge is -2.42. The second-order valence-electron chi connectivity index (χ2n) is 8.73. The first kappa shape index (κ1) is 20.0. The van der Waals surface area contributed by atoms with Gasteiger partial charge in [-0.15, -0.1) is 0 Å². The number of halogens is 2. The summed E-state index contributed by atoms with van der Waals surface area (Å²) in [5.41, 5.74) is 10.9. The van der Waals surface area contributed by atoms with Gasteiger partial charge in [0.2, 0.25) is 0 Å². The molecule has 1 aromatic carbocycles. The van der Waals surface area contributed by atoms with E-state index in [1.807, 2.05) is 47.4 Å². The van der Waals surface area contributed by atoms with E-state index in [4.69, 9.17) is 33.9 Å². The van der Waals surface area contributed by atoms with E-state index in [0.29, 0.717) is 10.0 Å². The molecule has 0 amide bonds. The van der Waals surface area contributed by atoms with Crippen molar-refractivity contribution in [1.82, 2.24) is 19.4 Å². The normalized spacial score (nSPS) is 19.6. The van der Waals surface area contributed by atoms with Crippen molar-refractivity contribution < 1.29 is 0 Å². The van der Waals surface area contributed by atoms with Crippen molar-refractivity contribution in [2.45, 2.75) is 25.3 Å². The van der Waals surface area contributed by atoms with Gasteiger partial charge in [-0.25, -0.2) is 9.97 Å². The molecule has 6 rings (SSSR count). The molecule has 0 radical (unpaired) electrons. The van der Waals surface area contributed by atoms with Crippen LogP contribution in [0.2, 0.25) is 10.0 Å². The first-order valence-electron chi connectivity index (χ1n) is 10.8. The molecule has 1 spiro atoms. The van der Waals surface area contributed by atoms with Crippen LogP contribution < -0.4 is 10.6 Å². The van der Waals surface area contributed by atoms with Crippen LogP contribution in [0.15, 0.2) is 55.1 Å². The Kier molecular flexibility index (Phi) is 4.64. The molecule has 2 N–H and O–H groups in total. The van der Waals surface area contributed by atoms with Gasteiger partial charge in [0.1, 0.15) is 11.3 Å². The lowest BCUT2D eigenvalue weighted by atomic mass is 9.73. The topological polar surface area (TPSA) is 72.3 Å². The zero-order chi connectivity index (χ0) is 21.9. The Bertz CT molecular complexity index is 1330. The minimum absolute atomic E-state index is 0.0450. The highest BCUT2D eigenvalue weighted by atomic mass is 35.5.